The Balaban J connectivity index is 1.45. The highest BCUT2D eigenvalue weighted by molar-refractivity contribution is 6.49. The highest BCUT2D eigenvalue weighted by Crippen LogP contribution is 2.39. The van der Waals surface area contributed by atoms with Crippen molar-refractivity contribution in [3.8, 4) is 0 Å². The van der Waals surface area contributed by atoms with Gasteiger partial charge in [-0.25, -0.2) is 0 Å². The molecule has 0 radical (unpaired) electrons. The van der Waals surface area contributed by atoms with E-state index in [-0.39, 0.29) is 5.91 Å². The van der Waals surface area contributed by atoms with E-state index in [1.807, 2.05) is 24.3 Å². The van der Waals surface area contributed by atoms with E-state index < -0.39 is 0 Å². The second kappa shape index (κ2) is 9.68. The molecule has 1 aliphatic carbocycles. The summed E-state index contributed by atoms with van der Waals surface area (Å²) in [6.07, 6.45) is 6.19. The van der Waals surface area contributed by atoms with Crippen LogP contribution in [0.5, 0.6) is 0 Å². The SMILES string of the molecule is CC1C=C(Cl)c2cc(CNC(=O)c3cncc(Cc4ccccc4CN)c3)ccc2C1C. The lowest BCUT2D eigenvalue weighted by Crippen LogP contribution is -2.23. The topological polar surface area (TPSA) is 68.0 Å². The molecular weight excluding hydrogens is 418 g/mol. The number of hydrogen-bond acceptors (Lipinski definition) is 3. The van der Waals surface area contributed by atoms with Gasteiger partial charge in [0.2, 0.25) is 0 Å². The van der Waals surface area contributed by atoms with Crippen molar-refractivity contribution in [1.82, 2.24) is 10.3 Å². The molecule has 0 spiro atoms. The molecule has 2 aromatic carbocycles. The Morgan fingerprint density at radius 2 is 1.84 bits per heavy atom. The summed E-state index contributed by atoms with van der Waals surface area (Å²) in [5.41, 5.74) is 13.0. The van der Waals surface area contributed by atoms with Gasteiger partial charge in [0, 0.05) is 30.5 Å². The number of fused-ring (bicyclic) bond motifs is 1. The molecular formula is C27H28ClN3O. The van der Waals surface area contributed by atoms with Gasteiger partial charge in [-0.3, -0.25) is 9.78 Å². The molecule has 5 heteroatoms. The average Bonchev–Trinajstić information content (AvgIpc) is 2.81. The first kappa shape index (κ1) is 22.3. The molecule has 2 atom stereocenters. The molecule has 0 fully saturated rings. The fourth-order valence-electron chi connectivity index (χ4n) is 4.21. The van der Waals surface area contributed by atoms with E-state index in [0.717, 1.165) is 32.8 Å². The lowest BCUT2D eigenvalue weighted by Gasteiger charge is -2.26. The third kappa shape index (κ3) is 4.77. The minimum Gasteiger partial charge on any atom is -0.348 e. The Labute approximate surface area is 194 Å². The van der Waals surface area contributed by atoms with Crippen molar-refractivity contribution in [2.24, 2.45) is 11.7 Å². The van der Waals surface area contributed by atoms with Crippen LogP contribution in [0, 0.1) is 5.92 Å². The van der Waals surface area contributed by atoms with Gasteiger partial charge in [0.15, 0.2) is 0 Å². The molecule has 1 heterocycles. The Morgan fingerprint density at radius 1 is 1.06 bits per heavy atom. The standard InChI is InChI=1S/C27H28ClN3O/c1-17-9-26(28)25-12-19(7-8-24(25)18(17)2)15-31-27(32)23-11-20(14-30-16-23)10-21-5-3-4-6-22(21)13-29/h3-9,11-12,14,16-18H,10,13,15,29H2,1-2H3,(H,31,32). The van der Waals surface area contributed by atoms with Crippen LogP contribution >= 0.6 is 11.6 Å². The Bertz CT molecular complexity index is 1170. The fraction of sp³-hybridized carbons (Fsp3) is 0.259. The minimum atomic E-state index is -0.146. The van der Waals surface area contributed by atoms with Gasteiger partial charge in [-0.2, -0.15) is 0 Å². The smallest absolute Gasteiger partial charge is 0.253 e. The molecule has 0 bridgehead atoms. The van der Waals surface area contributed by atoms with Gasteiger partial charge >= 0.3 is 0 Å². The largest absolute Gasteiger partial charge is 0.348 e. The molecule has 1 aromatic heterocycles. The highest BCUT2D eigenvalue weighted by Gasteiger charge is 2.23. The molecule has 0 aliphatic heterocycles. The molecule has 1 aliphatic rings. The van der Waals surface area contributed by atoms with Gasteiger partial charge in [0.25, 0.3) is 5.91 Å². The number of carbonyl (C=O) groups excluding carboxylic acids is 1. The molecule has 3 aromatic rings. The number of nitrogens with one attached hydrogen (secondary N) is 1. The fourth-order valence-corrected chi connectivity index (χ4v) is 4.57. The maximum absolute atomic E-state index is 12.8. The van der Waals surface area contributed by atoms with Crippen LogP contribution in [0.1, 0.15) is 63.5 Å². The zero-order valence-corrected chi connectivity index (χ0v) is 19.2. The summed E-state index contributed by atoms with van der Waals surface area (Å²) in [5.74, 6) is 0.694. The summed E-state index contributed by atoms with van der Waals surface area (Å²) in [4.78, 5) is 17.1. The number of benzene rings is 2. The second-order valence-electron chi connectivity index (χ2n) is 8.50. The van der Waals surface area contributed by atoms with Crippen LogP contribution in [0.15, 0.2) is 67.0 Å². The minimum absolute atomic E-state index is 0.146. The first-order chi connectivity index (χ1) is 15.5. The van der Waals surface area contributed by atoms with Crippen molar-refractivity contribution in [3.63, 3.8) is 0 Å². The first-order valence-corrected chi connectivity index (χ1v) is 11.3. The molecule has 0 saturated heterocycles. The summed E-state index contributed by atoms with van der Waals surface area (Å²) in [7, 11) is 0. The molecule has 1 amide bonds. The average molecular weight is 446 g/mol. The number of nitrogens with two attached hydrogens (primary N) is 1. The third-order valence-electron chi connectivity index (χ3n) is 6.31. The molecule has 0 saturated carbocycles. The van der Waals surface area contributed by atoms with E-state index in [1.54, 1.807) is 12.4 Å². The monoisotopic (exact) mass is 445 g/mol. The Morgan fingerprint density at radius 3 is 2.62 bits per heavy atom. The van der Waals surface area contributed by atoms with E-state index in [0.29, 0.717) is 36.9 Å². The van der Waals surface area contributed by atoms with Crippen molar-refractivity contribution in [2.45, 2.75) is 39.3 Å². The number of aromatic nitrogens is 1. The number of allylic oxidation sites excluding steroid dienone is 1. The van der Waals surface area contributed by atoms with Crippen molar-refractivity contribution in [1.29, 1.82) is 0 Å². The van der Waals surface area contributed by atoms with Crippen molar-refractivity contribution >= 4 is 22.5 Å². The quantitative estimate of drug-likeness (QED) is 0.534. The molecule has 3 N–H and O–H groups in total. The number of nitrogens with zero attached hydrogens (tertiary/aromatic N) is 1. The van der Waals surface area contributed by atoms with Crippen LogP contribution in [0.2, 0.25) is 0 Å². The summed E-state index contributed by atoms with van der Waals surface area (Å²) < 4.78 is 0. The predicted molar refractivity (Wildman–Crippen MR) is 130 cm³/mol. The number of rotatable bonds is 6. The van der Waals surface area contributed by atoms with E-state index in [4.69, 9.17) is 17.3 Å². The predicted octanol–water partition coefficient (Wildman–Crippen LogP) is 5.39. The van der Waals surface area contributed by atoms with Gasteiger partial charge in [-0.1, -0.05) is 67.9 Å². The summed E-state index contributed by atoms with van der Waals surface area (Å²) in [6.45, 7) is 5.32. The number of halogens is 1. The molecule has 4 nitrogen and oxygen atoms in total. The Hall–Kier alpha value is -2.95. The van der Waals surface area contributed by atoms with Crippen molar-refractivity contribution < 1.29 is 4.79 Å². The van der Waals surface area contributed by atoms with Gasteiger partial charge < -0.3 is 11.1 Å². The molecule has 32 heavy (non-hydrogen) atoms. The molecule has 2 unspecified atom stereocenters. The normalized spacial score (nSPS) is 17.4. The van der Waals surface area contributed by atoms with E-state index in [1.165, 1.54) is 5.56 Å². The van der Waals surface area contributed by atoms with Gasteiger partial charge in [0.1, 0.15) is 0 Å². The van der Waals surface area contributed by atoms with E-state index in [2.05, 4.69) is 54.5 Å². The van der Waals surface area contributed by atoms with Crippen molar-refractivity contribution in [3.05, 3.63) is 106 Å². The lowest BCUT2D eigenvalue weighted by molar-refractivity contribution is 0.0950. The molecule has 4 rings (SSSR count). The van der Waals surface area contributed by atoms with Gasteiger partial charge in [-0.05, 0) is 63.8 Å². The number of hydrogen-bond donors (Lipinski definition) is 2. The van der Waals surface area contributed by atoms with Crippen LogP contribution in [0.4, 0.5) is 0 Å². The van der Waals surface area contributed by atoms with Crippen LogP contribution in [-0.2, 0) is 19.5 Å². The van der Waals surface area contributed by atoms with Gasteiger partial charge in [0.05, 0.1) is 5.56 Å². The Kier molecular flexibility index (Phi) is 6.73. The summed E-state index contributed by atoms with van der Waals surface area (Å²) >= 11 is 6.50. The number of amides is 1. The van der Waals surface area contributed by atoms with E-state index in [9.17, 15) is 4.79 Å². The zero-order valence-electron chi connectivity index (χ0n) is 18.4. The zero-order chi connectivity index (χ0) is 22.7. The van der Waals surface area contributed by atoms with Crippen LogP contribution in [-0.4, -0.2) is 10.9 Å². The van der Waals surface area contributed by atoms with E-state index >= 15 is 0 Å². The number of carbonyl (C=O) groups is 1. The summed E-state index contributed by atoms with van der Waals surface area (Å²) in [6, 6.07) is 16.2. The highest BCUT2D eigenvalue weighted by atomic mass is 35.5. The maximum atomic E-state index is 12.8. The van der Waals surface area contributed by atoms with Crippen LogP contribution in [0.3, 0.4) is 0 Å². The second-order valence-corrected chi connectivity index (χ2v) is 8.91. The van der Waals surface area contributed by atoms with Crippen LogP contribution < -0.4 is 11.1 Å². The first-order valence-electron chi connectivity index (χ1n) is 11.0. The third-order valence-corrected chi connectivity index (χ3v) is 6.64. The number of pyridine rings is 1. The van der Waals surface area contributed by atoms with Crippen molar-refractivity contribution in [2.75, 3.05) is 0 Å². The maximum Gasteiger partial charge on any atom is 0.253 e. The lowest BCUT2D eigenvalue weighted by atomic mass is 9.81. The summed E-state index contributed by atoms with van der Waals surface area (Å²) in [5, 5.41) is 3.79. The van der Waals surface area contributed by atoms with Gasteiger partial charge in [-0.15, -0.1) is 0 Å². The van der Waals surface area contributed by atoms with Crippen LogP contribution in [0.25, 0.3) is 5.03 Å². The molecule has 164 valence electrons.